The van der Waals surface area contributed by atoms with Crippen LogP contribution in [0, 0.1) is 0 Å². The van der Waals surface area contributed by atoms with E-state index in [1.165, 1.54) is 6.26 Å². The summed E-state index contributed by atoms with van der Waals surface area (Å²) in [7, 11) is 0. The summed E-state index contributed by atoms with van der Waals surface area (Å²) in [5, 5.41) is 4.67. The number of rotatable bonds is 3. The molecule has 0 spiro atoms. The van der Waals surface area contributed by atoms with Gasteiger partial charge in [-0.15, -0.1) is 0 Å². The molecule has 1 amide bonds. The molecule has 1 unspecified atom stereocenters. The molecule has 4 rings (SSSR count). The van der Waals surface area contributed by atoms with Crippen molar-refractivity contribution in [3.8, 4) is 11.4 Å². The van der Waals surface area contributed by atoms with Gasteiger partial charge in [-0.1, -0.05) is 16.8 Å². The van der Waals surface area contributed by atoms with Crippen LogP contribution in [0.2, 0.25) is 5.02 Å². The van der Waals surface area contributed by atoms with Gasteiger partial charge >= 0.3 is 0 Å². The molecule has 7 heteroatoms. The monoisotopic (exact) mass is 343 g/mol. The van der Waals surface area contributed by atoms with E-state index >= 15 is 0 Å². The molecule has 0 aliphatic carbocycles. The van der Waals surface area contributed by atoms with Gasteiger partial charge in [-0.05, 0) is 49.2 Å². The van der Waals surface area contributed by atoms with Gasteiger partial charge in [0.2, 0.25) is 11.7 Å². The Morgan fingerprint density at radius 1 is 1.25 bits per heavy atom. The molecule has 1 atom stereocenters. The zero-order chi connectivity index (χ0) is 16.5. The van der Waals surface area contributed by atoms with Crippen molar-refractivity contribution in [2.45, 2.75) is 18.9 Å². The van der Waals surface area contributed by atoms with E-state index in [-0.39, 0.29) is 11.9 Å². The summed E-state index contributed by atoms with van der Waals surface area (Å²) in [6.07, 6.45) is 3.16. The lowest BCUT2D eigenvalue weighted by Gasteiger charge is -2.20. The highest BCUT2D eigenvalue weighted by atomic mass is 35.5. The third-order valence-corrected chi connectivity index (χ3v) is 4.33. The molecule has 1 aliphatic heterocycles. The van der Waals surface area contributed by atoms with E-state index in [2.05, 4.69) is 10.1 Å². The van der Waals surface area contributed by atoms with Crippen molar-refractivity contribution < 1.29 is 13.7 Å². The molecule has 1 aromatic carbocycles. The van der Waals surface area contributed by atoms with Crippen molar-refractivity contribution in [3.63, 3.8) is 0 Å². The lowest BCUT2D eigenvalue weighted by molar-refractivity contribution is 0.0678. The molecule has 2 aromatic heterocycles. The van der Waals surface area contributed by atoms with Crippen molar-refractivity contribution >= 4 is 17.5 Å². The van der Waals surface area contributed by atoms with E-state index in [1.807, 2.05) is 12.1 Å². The maximum Gasteiger partial charge on any atom is 0.290 e. The highest BCUT2D eigenvalue weighted by molar-refractivity contribution is 6.30. The Hall–Kier alpha value is -2.60. The van der Waals surface area contributed by atoms with E-state index in [0.717, 1.165) is 18.4 Å². The van der Waals surface area contributed by atoms with Gasteiger partial charge in [-0.25, -0.2) is 0 Å². The van der Waals surface area contributed by atoms with E-state index in [0.29, 0.717) is 29.0 Å². The summed E-state index contributed by atoms with van der Waals surface area (Å²) in [5.74, 6) is 1.09. The number of benzene rings is 1. The summed E-state index contributed by atoms with van der Waals surface area (Å²) in [4.78, 5) is 18.7. The van der Waals surface area contributed by atoms with Crippen LogP contribution in [0.1, 0.15) is 35.3 Å². The molecule has 1 saturated heterocycles. The number of hydrogen-bond donors (Lipinski definition) is 0. The van der Waals surface area contributed by atoms with Gasteiger partial charge in [0.25, 0.3) is 5.91 Å². The third-order valence-electron chi connectivity index (χ3n) is 4.07. The number of halogens is 1. The Labute approximate surface area is 143 Å². The number of carbonyl (C=O) groups is 1. The van der Waals surface area contributed by atoms with Crippen LogP contribution < -0.4 is 0 Å². The van der Waals surface area contributed by atoms with Crippen LogP contribution in [0.15, 0.2) is 51.6 Å². The summed E-state index contributed by atoms with van der Waals surface area (Å²) in [6.45, 7) is 0.642. The molecule has 0 N–H and O–H groups in total. The fourth-order valence-electron chi connectivity index (χ4n) is 2.90. The average molecular weight is 344 g/mol. The van der Waals surface area contributed by atoms with E-state index in [4.69, 9.17) is 20.5 Å². The summed E-state index contributed by atoms with van der Waals surface area (Å²) in [6, 6.07) is 10.3. The van der Waals surface area contributed by atoms with Crippen LogP contribution in [-0.2, 0) is 0 Å². The molecule has 3 aromatic rings. The molecule has 1 fully saturated rings. The minimum atomic E-state index is -0.226. The van der Waals surface area contributed by atoms with E-state index < -0.39 is 0 Å². The fourth-order valence-corrected chi connectivity index (χ4v) is 3.02. The van der Waals surface area contributed by atoms with Crippen molar-refractivity contribution in [2.75, 3.05) is 6.54 Å². The second-order valence-electron chi connectivity index (χ2n) is 5.60. The van der Waals surface area contributed by atoms with Crippen LogP contribution in [0.5, 0.6) is 0 Å². The largest absolute Gasteiger partial charge is 0.459 e. The average Bonchev–Trinajstić information content (AvgIpc) is 3.34. The molecule has 1 aliphatic rings. The maximum atomic E-state index is 12.5. The van der Waals surface area contributed by atoms with E-state index in [9.17, 15) is 4.79 Å². The van der Waals surface area contributed by atoms with Crippen molar-refractivity contribution in [3.05, 3.63) is 59.3 Å². The van der Waals surface area contributed by atoms with Gasteiger partial charge < -0.3 is 13.8 Å². The SMILES string of the molecule is O=C(c1ccco1)N1CCCC1c1nc(-c2ccc(Cl)cc2)no1. The zero-order valence-electron chi connectivity index (χ0n) is 12.7. The zero-order valence-corrected chi connectivity index (χ0v) is 13.4. The number of hydrogen-bond acceptors (Lipinski definition) is 5. The minimum Gasteiger partial charge on any atom is -0.459 e. The van der Waals surface area contributed by atoms with Crippen LogP contribution in [0.25, 0.3) is 11.4 Å². The standard InChI is InChI=1S/C17H14ClN3O3/c18-12-7-5-11(6-8-12)15-19-16(24-20-15)13-3-1-9-21(13)17(22)14-4-2-10-23-14/h2,4-8,10,13H,1,3,9H2. The second-order valence-corrected chi connectivity index (χ2v) is 6.03. The Kier molecular flexibility index (Phi) is 3.82. The number of aromatic nitrogens is 2. The third kappa shape index (κ3) is 2.69. The lowest BCUT2D eigenvalue weighted by Crippen LogP contribution is -2.30. The van der Waals surface area contributed by atoms with Gasteiger partial charge in [0.05, 0.1) is 6.26 Å². The molecule has 0 saturated carbocycles. The maximum absolute atomic E-state index is 12.5. The molecule has 6 nitrogen and oxygen atoms in total. The summed E-state index contributed by atoms with van der Waals surface area (Å²) < 4.78 is 10.6. The van der Waals surface area contributed by atoms with Crippen molar-refractivity contribution in [2.24, 2.45) is 0 Å². The highest BCUT2D eigenvalue weighted by Gasteiger charge is 2.35. The van der Waals surface area contributed by atoms with Crippen LogP contribution >= 0.6 is 11.6 Å². The van der Waals surface area contributed by atoms with Gasteiger partial charge in [0.15, 0.2) is 5.76 Å². The van der Waals surface area contributed by atoms with Crippen LogP contribution in [-0.4, -0.2) is 27.5 Å². The smallest absolute Gasteiger partial charge is 0.290 e. The minimum absolute atomic E-state index is 0.159. The first-order valence-electron chi connectivity index (χ1n) is 7.66. The molecule has 24 heavy (non-hydrogen) atoms. The molecular weight excluding hydrogens is 330 g/mol. The Morgan fingerprint density at radius 2 is 2.08 bits per heavy atom. The summed E-state index contributed by atoms with van der Waals surface area (Å²) >= 11 is 5.89. The number of likely N-dealkylation sites (tertiary alicyclic amines) is 1. The Morgan fingerprint density at radius 3 is 2.83 bits per heavy atom. The quantitative estimate of drug-likeness (QED) is 0.719. The number of amides is 1. The fraction of sp³-hybridized carbons (Fsp3) is 0.235. The normalized spacial score (nSPS) is 17.4. The van der Waals surface area contributed by atoms with Crippen molar-refractivity contribution in [1.82, 2.24) is 15.0 Å². The second kappa shape index (κ2) is 6.13. The van der Waals surface area contributed by atoms with Gasteiger partial charge in [0, 0.05) is 17.1 Å². The van der Waals surface area contributed by atoms with Crippen LogP contribution in [0.4, 0.5) is 0 Å². The van der Waals surface area contributed by atoms with Gasteiger partial charge in [-0.2, -0.15) is 4.98 Å². The first kappa shape index (κ1) is 15.0. The number of furan rings is 1. The predicted octanol–water partition coefficient (Wildman–Crippen LogP) is 3.96. The Bertz CT molecular complexity index is 842. The Balaban J connectivity index is 1.59. The molecule has 3 heterocycles. The molecule has 0 radical (unpaired) electrons. The van der Waals surface area contributed by atoms with Gasteiger partial charge in [-0.3, -0.25) is 4.79 Å². The first-order valence-corrected chi connectivity index (χ1v) is 8.04. The van der Waals surface area contributed by atoms with Crippen LogP contribution in [0.3, 0.4) is 0 Å². The van der Waals surface area contributed by atoms with Gasteiger partial charge in [0.1, 0.15) is 6.04 Å². The number of nitrogens with zero attached hydrogens (tertiary/aromatic N) is 3. The molecule has 0 bridgehead atoms. The number of carbonyl (C=O) groups excluding carboxylic acids is 1. The lowest BCUT2D eigenvalue weighted by atomic mass is 10.2. The topological polar surface area (TPSA) is 72.4 Å². The highest BCUT2D eigenvalue weighted by Crippen LogP contribution is 2.33. The van der Waals surface area contributed by atoms with Crippen molar-refractivity contribution in [1.29, 1.82) is 0 Å². The van der Waals surface area contributed by atoms with E-state index in [1.54, 1.807) is 29.2 Å². The summed E-state index contributed by atoms with van der Waals surface area (Å²) in [5.41, 5.74) is 0.816. The first-order chi connectivity index (χ1) is 11.7. The molecular formula is C17H14ClN3O3. The molecule has 122 valence electrons. The predicted molar refractivity (Wildman–Crippen MR) is 86.5 cm³/mol.